The van der Waals surface area contributed by atoms with Crippen molar-refractivity contribution in [2.75, 3.05) is 39.3 Å². The zero-order chi connectivity index (χ0) is 36.4. The molecule has 1 heterocycles. The summed E-state index contributed by atoms with van der Waals surface area (Å²) < 4.78 is 0. The summed E-state index contributed by atoms with van der Waals surface area (Å²) in [6.07, 6.45) is -4.49. The first-order valence-electron chi connectivity index (χ1n) is 15.6. The molecule has 0 spiro atoms. The Bertz CT molecular complexity index is 1050. The largest absolute Gasteiger partial charge is 0.783 e. The molecular formula is C27H48N9O12-3. The number of amides is 6. The molecule has 0 radical (unpaired) electrons. The van der Waals surface area contributed by atoms with Crippen LogP contribution in [0.3, 0.4) is 0 Å². The number of nitrogens with zero attached hydrogens (tertiary/aromatic N) is 3. The van der Waals surface area contributed by atoms with Crippen LogP contribution in [0.15, 0.2) is 0 Å². The van der Waals surface area contributed by atoms with Gasteiger partial charge in [-0.3, -0.25) is 28.8 Å². The number of carbonyl (C=O) groups is 6. The molecule has 1 fully saturated rings. The highest BCUT2D eigenvalue weighted by Gasteiger charge is 2.30. The molecule has 6 amide bonds. The third-order valence-corrected chi connectivity index (χ3v) is 7.10. The molecule has 48 heavy (non-hydrogen) atoms. The van der Waals surface area contributed by atoms with Gasteiger partial charge in [-0.25, -0.2) is 0 Å². The van der Waals surface area contributed by atoms with Crippen molar-refractivity contribution in [2.24, 2.45) is 0 Å². The van der Waals surface area contributed by atoms with Crippen LogP contribution in [-0.2, 0) is 28.8 Å². The number of aliphatic hydroxyl groups is 3. The number of carbonyl (C=O) groups excluding carboxylic acids is 6. The van der Waals surface area contributed by atoms with Crippen molar-refractivity contribution >= 4 is 35.4 Å². The van der Waals surface area contributed by atoms with Crippen molar-refractivity contribution in [3.8, 4) is 0 Å². The molecule has 1 aliphatic heterocycles. The minimum absolute atomic E-state index is 0.00693. The number of hydrogen-bond acceptors (Lipinski definition) is 15. The second-order valence-electron chi connectivity index (χ2n) is 11.3. The fourth-order valence-corrected chi connectivity index (χ4v) is 4.28. The average Bonchev–Trinajstić information content (AvgIpc) is 3.02. The van der Waals surface area contributed by atoms with E-state index < -0.39 is 91.9 Å². The first kappa shape index (κ1) is 42.5. The van der Waals surface area contributed by atoms with Gasteiger partial charge in [0.15, 0.2) is 0 Å². The fraction of sp³-hybridized carbons (Fsp3) is 0.778. The van der Waals surface area contributed by atoms with Gasteiger partial charge in [0, 0.05) is 0 Å². The molecule has 0 aromatic carbocycles. The zero-order valence-corrected chi connectivity index (χ0v) is 27.3. The SMILES string of the molecule is CC(O)N([O-])CCC[C@@H]1NC(=O)CNC(=O)CNC(=O)CNC(=O)[C@@H](CCCN([O-])C(C)O)NC(=O)[C@H](CCCN([O-])C(C)O)NC1=O. The lowest BCUT2D eigenvalue weighted by atomic mass is 10.1. The fourth-order valence-electron chi connectivity index (χ4n) is 4.28. The molecule has 0 aliphatic carbocycles. The Morgan fingerprint density at radius 2 is 0.854 bits per heavy atom. The standard InChI is InChI=1S/C27H48N9O12/c1-16(37)34(46)10-4-7-19-25(43)30-14-23(41)28-13-22(40)29-15-24(42)31-20(8-5-11-35(47)17(2)38)26(44)33-21(27(45)32-19)9-6-12-36(48)18(3)39/h16-21,37-39H,4-15H2,1-3H3,(H,28,41)(H,29,40)(H,30,43)(H,31,42)(H,32,45)(H,33,44)/q-3/t16?,17?,18?,19-,20+,21+/m1/s1. The van der Waals surface area contributed by atoms with Crippen molar-refractivity contribution in [2.45, 2.75) is 96.1 Å². The highest BCUT2D eigenvalue weighted by atomic mass is 16.5. The summed E-state index contributed by atoms with van der Waals surface area (Å²) in [5.74, 6) is -4.97. The van der Waals surface area contributed by atoms with Crippen molar-refractivity contribution in [3.63, 3.8) is 0 Å². The van der Waals surface area contributed by atoms with Gasteiger partial charge in [0.2, 0.25) is 35.4 Å². The van der Waals surface area contributed by atoms with Crippen molar-refractivity contribution in [1.29, 1.82) is 0 Å². The Hall–Kier alpha value is -3.54. The van der Waals surface area contributed by atoms with Gasteiger partial charge >= 0.3 is 0 Å². The summed E-state index contributed by atoms with van der Waals surface area (Å²) in [5.41, 5.74) is 0. The molecule has 0 aromatic rings. The van der Waals surface area contributed by atoms with Crippen molar-refractivity contribution < 1.29 is 44.1 Å². The van der Waals surface area contributed by atoms with Crippen LogP contribution < -0.4 is 31.9 Å². The first-order valence-corrected chi connectivity index (χ1v) is 15.6. The van der Waals surface area contributed by atoms with Crippen LogP contribution >= 0.6 is 0 Å². The molecule has 6 atom stereocenters. The highest BCUT2D eigenvalue weighted by Crippen LogP contribution is 2.09. The molecular weight excluding hydrogens is 642 g/mol. The van der Waals surface area contributed by atoms with E-state index in [4.69, 9.17) is 0 Å². The van der Waals surface area contributed by atoms with E-state index in [1.54, 1.807) is 0 Å². The van der Waals surface area contributed by atoms with Crippen molar-refractivity contribution in [3.05, 3.63) is 15.6 Å². The third kappa shape index (κ3) is 17.0. The predicted octanol–water partition coefficient (Wildman–Crippen LogP) is -4.44. The van der Waals surface area contributed by atoms with E-state index in [0.717, 1.165) is 0 Å². The highest BCUT2D eigenvalue weighted by molar-refractivity contribution is 5.96. The zero-order valence-electron chi connectivity index (χ0n) is 27.3. The molecule has 0 bridgehead atoms. The monoisotopic (exact) mass is 690 g/mol. The normalized spacial score (nSPS) is 22.9. The summed E-state index contributed by atoms with van der Waals surface area (Å²) in [5, 5.41) is 79.2. The van der Waals surface area contributed by atoms with Gasteiger partial charge in [-0.2, -0.15) is 0 Å². The Labute approximate surface area is 277 Å². The van der Waals surface area contributed by atoms with E-state index in [9.17, 15) is 59.7 Å². The van der Waals surface area contributed by atoms with Crippen LogP contribution in [0.25, 0.3) is 0 Å². The third-order valence-electron chi connectivity index (χ3n) is 7.10. The lowest BCUT2D eigenvalue weighted by Crippen LogP contribution is -2.58. The molecule has 1 rings (SSSR count). The summed E-state index contributed by atoms with van der Waals surface area (Å²) >= 11 is 0. The van der Waals surface area contributed by atoms with Gasteiger partial charge in [-0.1, -0.05) is 0 Å². The quantitative estimate of drug-likeness (QED) is 0.0578. The summed E-state index contributed by atoms with van der Waals surface area (Å²) in [7, 11) is 0. The van der Waals surface area contributed by atoms with Crippen LogP contribution in [-0.4, -0.2) is 142 Å². The summed E-state index contributed by atoms with van der Waals surface area (Å²) in [6.45, 7) is 1.28. The molecule has 21 heteroatoms. The van der Waals surface area contributed by atoms with Crippen molar-refractivity contribution in [1.82, 2.24) is 47.1 Å². The van der Waals surface area contributed by atoms with E-state index in [1.165, 1.54) is 20.8 Å². The second kappa shape index (κ2) is 22.2. The Balaban J connectivity index is 3.34. The average molecular weight is 691 g/mol. The summed E-state index contributed by atoms with van der Waals surface area (Å²) in [6, 6.07) is -4.10. The van der Waals surface area contributed by atoms with E-state index in [2.05, 4.69) is 31.9 Å². The van der Waals surface area contributed by atoms with Crippen LogP contribution in [0.1, 0.15) is 59.3 Å². The van der Waals surface area contributed by atoms with Crippen LogP contribution in [0.4, 0.5) is 0 Å². The maximum atomic E-state index is 13.5. The number of hydroxylamine groups is 6. The van der Waals surface area contributed by atoms with Crippen LogP contribution in [0.2, 0.25) is 0 Å². The number of rotatable bonds is 15. The van der Waals surface area contributed by atoms with E-state index in [1.807, 2.05) is 0 Å². The molecule has 0 saturated carbocycles. The van der Waals surface area contributed by atoms with Crippen LogP contribution in [0.5, 0.6) is 0 Å². The van der Waals surface area contributed by atoms with Gasteiger partial charge in [-0.15, -0.1) is 0 Å². The smallest absolute Gasteiger partial charge is 0.243 e. The second-order valence-corrected chi connectivity index (χ2v) is 11.3. The molecule has 1 aliphatic rings. The lowest BCUT2D eigenvalue weighted by Gasteiger charge is -2.32. The number of hydrogen-bond donors (Lipinski definition) is 9. The number of aliphatic hydroxyl groups excluding tert-OH is 3. The van der Waals surface area contributed by atoms with Gasteiger partial charge in [-0.05, 0) is 78.9 Å². The minimum atomic E-state index is -1.40. The maximum Gasteiger partial charge on any atom is 0.243 e. The molecule has 276 valence electrons. The number of nitrogens with one attached hydrogen (secondary N) is 6. The molecule has 21 nitrogen and oxygen atoms in total. The maximum absolute atomic E-state index is 13.5. The van der Waals surface area contributed by atoms with Gasteiger partial charge < -0.3 is 78.0 Å². The predicted molar refractivity (Wildman–Crippen MR) is 168 cm³/mol. The molecule has 9 N–H and O–H groups in total. The Morgan fingerprint density at radius 3 is 1.23 bits per heavy atom. The van der Waals surface area contributed by atoms with E-state index >= 15 is 0 Å². The first-order chi connectivity index (χ1) is 22.5. The van der Waals surface area contributed by atoms with Crippen LogP contribution in [0, 0.1) is 15.6 Å². The lowest BCUT2D eigenvalue weighted by molar-refractivity contribution is -0.134. The minimum Gasteiger partial charge on any atom is -0.783 e. The van der Waals surface area contributed by atoms with Gasteiger partial charge in [0.05, 0.1) is 38.3 Å². The molecule has 3 unspecified atom stereocenters. The van der Waals surface area contributed by atoms with E-state index in [0.29, 0.717) is 15.2 Å². The summed E-state index contributed by atoms with van der Waals surface area (Å²) in [4.78, 5) is 77.0. The molecule has 1 saturated heterocycles. The Kier molecular flexibility index (Phi) is 19.6. The molecule has 0 aromatic heterocycles. The topological polar surface area (TPSA) is 314 Å². The van der Waals surface area contributed by atoms with Gasteiger partial charge in [0.25, 0.3) is 0 Å². The van der Waals surface area contributed by atoms with Gasteiger partial charge in [0.1, 0.15) is 18.1 Å². The Morgan fingerprint density at radius 1 is 0.542 bits per heavy atom. The van der Waals surface area contributed by atoms with E-state index in [-0.39, 0.29) is 58.2 Å².